The van der Waals surface area contributed by atoms with Gasteiger partial charge in [0.05, 0.1) is 10.9 Å². The van der Waals surface area contributed by atoms with E-state index in [1.54, 1.807) is 36.4 Å². The van der Waals surface area contributed by atoms with Crippen molar-refractivity contribution < 1.29 is 23.4 Å². The molecule has 5 rings (SSSR count). The lowest BCUT2D eigenvalue weighted by molar-refractivity contribution is -0.118. The van der Waals surface area contributed by atoms with Gasteiger partial charge in [0.1, 0.15) is 17.6 Å². The highest BCUT2D eigenvalue weighted by molar-refractivity contribution is 5.92. The zero-order valence-electron chi connectivity index (χ0n) is 16.3. The van der Waals surface area contributed by atoms with Crippen LogP contribution in [0.15, 0.2) is 82.2 Å². The molecule has 1 aliphatic rings. The van der Waals surface area contributed by atoms with Crippen molar-refractivity contribution >= 4 is 22.6 Å². The molecule has 1 aliphatic heterocycles. The Balaban J connectivity index is 1.28. The van der Waals surface area contributed by atoms with Crippen LogP contribution in [0.4, 0.5) is 5.69 Å². The molecule has 3 aromatic carbocycles. The van der Waals surface area contributed by atoms with Crippen LogP contribution < -0.4 is 25.0 Å². The first kappa shape index (κ1) is 18.7. The number of carbonyl (C=O) groups excluding carboxylic acids is 1. The number of amides is 1. The third-order valence-electron chi connectivity index (χ3n) is 4.86. The van der Waals surface area contributed by atoms with Gasteiger partial charge in [-0.3, -0.25) is 9.59 Å². The summed E-state index contributed by atoms with van der Waals surface area (Å²) in [6, 6.07) is 19.3. The van der Waals surface area contributed by atoms with E-state index in [1.807, 2.05) is 30.3 Å². The maximum atomic E-state index is 12.8. The minimum atomic E-state index is -0.333. The third kappa shape index (κ3) is 3.81. The van der Waals surface area contributed by atoms with Gasteiger partial charge in [-0.15, -0.1) is 0 Å². The summed E-state index contributed by atoms with van der Waals surface area (Å²) in [7, 11) is 0. The van der Waals surface area contributed by atoms with Crippen molar-refractivity contribution in [3.8, 4) is 28.4 Å². The summed E-state index contributed by atoms with van der Waals surface area (Å²) in [5.41, 5.74) is 2.12. The summed E-state index contributed by atoms with van der Waals surface area (Å²) in [5, 5.41) is 3.18. The predicted octanol–water partition coefficient (Wildman–Crippen LogP) is 4.21. The second-order valence-electron chi connectivity index (χ2n) is 6.91. The number of fused-ring (bicyclic) bond motifs is 2. The van der Waals surface area contributed by atoms with Gasteiger partial charge < -0.3 is 23.9 Å². The van der Waals surface area contributed by atoms with Crippen molar-refractivity contribution in [2.24, 2.45) is 0 Å². The van der Waals surface area contributed by atoms with Gasteiger partial charge in [0.25, 0.3) is 5.91 Å². The highest BCUT2D eigenvalue weighted by Gasteiger charge is 2.15. The van der Waals surface area contributed by atoms with Crippen LogP contribution in [0.1, 0.15) is 0 Å². The highest BCUT2D eigenvalue weighted by Crippen LogP contribution is 2.34. The molecule has 1 aromatic heterocycles. The Bertz CT molecular complexity index is 1330. The molecule has 0 atom stereocenters. The van der Waals surface area contributed by atoms with Crippen LogP contribution in [0.25, 0.3) is 22.1 Å². The predicted molar refractivity (Wildman–Crippen MR) is 115 cm³/mol. The van der Waals surface area contributed by atoms with Crippen LogP contribution in [0.5, 0.6) is 17.2 Å². The largest absolute Gasteiger partial charge is 0.484 e. The molecular formula is C24H17NO6. The summed E-state index contributed by atoms with van der Waals surface area (Å²) in [6.45, 7) is -0.0347. The first-order valence-electron chi connectivity index (χ1n) is 9.61. The molecule has 7 heteroatoms. The van der Waals surface area contributed by atoms with E-state index in [0.717, 1.165) is 5.56 Å². The van der Waals surface area contributed by atoms with Gasteiger partial charge in [-0.1, -0.05) is 30.3 Å². The topological polar surface area (TPSA) is 87.0 Å². The average molecular weight is 415 g/mol. The van der Waals surface area contributed by atoms with E-state index in [-0.39, 0.29) is 24.7 Å². The van der Waals surface area contributed by atoms with Crippen LogP contribution in [0, 0.1) is 0 Å². The molecule has 0 saturated carbocycles. The molecule has 1 amide bonds. The molecule has 0 radical (unpaired) electrons. The minimum Gasteiger partial charge on any atom is -0.484 e. The lowest BCUT2D eigenvalue weighted by Crippen LogP contribution is -2.20. The van der Waals surface area contributed by atoms with Crippen LogP contribution in [-0.2, 0) is 4.79 Å². The maximum Gasteiger partial charge on any atom is 0.262 e. The normalized spacial score (nSPS) is 12.0. The SMILES string of the molecule is O=C(COc1ccc2c(=O)c(-c3ccccc3)coc2c1)Nc1ccc2c(c1)OCO2. The van der Waals surface area contributed by atoms with E-state index in [1.165, 1.54) is 6.26 Å². The first-order valence-corrected chi connectivity index (χ1v) is 9.61. The van der Waals surface area contributed by atoms with Crippen molar-refractivity contribution in [3.63, 3.8) is 0 Å². The van der Waals surface area contributed by atoms with Gasteiger partial charge in [-0.25, -0.2) is 0 Å². The van der Waals surface area contributed by atoms with Gasteiger partial charge in [0.15, 0.2) is 23.5 Å². The second kappa shape index (κ2) is 7.87. The van der Waals surface area contributed by atoms with Gasteiger partial charge in [0, 0.05) is 17.8 Å². The van der Waals surface area contributed by atoms with Crippen molar-refractivity contribution in [2.45, 2.75) is 0 Å². The summed E-state index contributed by atoms with van der Waals surface area (Å²) in [5.74, 6) is 1.31. The van der Waals surface area contributed by atoms with E-state index in [4.69, 9.17) is 18.6 Å². The minimum absolute atomic E-state index is 0.125. The Morgan fingerprint density at radius 3 is 2.68 bits per heavy atom. The van der Waals surface area contributed by atoms with Crippen LogP contribution in [0.3, 0.4) is 0 Å². The highest BCUT2D eigenvalue weighted by atomic mass is 16.7. The third-order valence-corrected chi connectivity index (χ3v) is 4.86. The van der Waals surface area contributed by atoms with Crippen LogP contribution >= 0.6 is 0 Å². The summed E-state index contributed by atoms with van der Waals surface area (Å²) < 4.78 is 21.8. The van der Waals surface area contributed by atoms with Crippen LogP contribution in [-0.4, -0.2) is 19.3 Å². The Kier molecular flexibility index (Phi) is 4.76. The summed E-state index contributed by atoms with van der Waals surface area (Å²) in [4.78, 5) is 25.0. The van der Waals surface area contributed by atoms with Crippen LogP contribution in [0.2, 0.25) is 0 Å². The number of ether oxygens (including phenoxy) is 3. The zero-order chi connectivity index (χ0) is 21.2. The molecule has 0 spiro atoms. The van der Waals surface area contributed by atoms with Crippen molar-refractivity contribution in [1.82, 2.24) is 0 Å². The fraction of sp³-hybridized carbons (Fsp3) is 0.0833. The fourth-order valence-electron chi connectivity index (χ4n) is 3.34. The van der Waals surface area contributed by atoms with Gasteiger partial charge >= 0.3 is 0 Å². The molecule has 1 N–H and O–H groups in total. The average Bonchev–Trinajstić information content (AvgIpc) is 3.26. The number of benzene rings is 3. The molecule has 4 aromatic rings. The van der Waals surface area contributed by atoms with Crippen molar-refractivity contribution in [2.75, 3.05) is 18.7 Å². The Morgan fingerprint density at radius 1 is 0.968 bits per heavy atom. The second-order valence-corrected chi connectivity index (χ2v) is 6.91. The lowest BCUT2D eigenvalue weighted by Gasteiger charge is -2.09. The number of nitrogens with one attached hydrogen (secondary N) is 1. The summed E-state index contributed by atoms with van der Waals surface area (Å²) in [6.07, 6.45) is 1.44. The van der Waals surface area contributed by atoms with Crippen molar-refractivity contribution in [3.05, 3.63) is 83.2 Å². The molecular weight excluding hydrogens is 398 g/mol. The Labute approximate surface area is 176 Å². The van der Waals surface area contributed by atoms with E-state index in [2.05, 4.69) is 5.32 Å². The first-order chi connectivity index (χ1) is 15.2. The van der Waals surface area contributed by atoms with Gasteiger partial charge in [-0.05, 0) is 29.8 Å². The van der Waals surface area contributed by atoms with E-state index < -0.39 is 0 Å². The lowest BCUT2D eigenvalue weighted by atomic mass is 10.1. The molecule has 0 saturated heterocycles. The zero-order valence-corrected chi connectivity index (χ0v) is 16.3. The maximum absolute atomic E-state index is 12.8. The molecule has 0 bridgehead atoms. The molecule has 7 nitrogen and oxygen atoms in total. The molecule has 31 heavy (non-hydrogen) atoms. The van der Waals surface area contributed by atoms with E-state index in [9.17, 15) is 9.59 Å². The van der Waals surface area contributed by atoms with Gasteiger partial charge in [-0.2, -0.15) is 0 Å². The standard InChI is InChI=1S/C24H17NO6/c26-23(25-16-6-9-20-22(10-16)31-14-30-20)13-28-17-7-8-18-21(11-17)29-12-19(24(18)27)15-4-2-1-3-5-15/h1-12H,13-14H2,(H,25,26). The molecule has 154 valence electrons. The molecule has 0 fully saturated rings. The van der Waals surface area contributed by atoms with E-state index >= 15 is 0 Å². The summed E-state index contributed by atoms with van der Waals surface area (Å²) >= 11 is 0. The fourth-order valence-corrected chi connectivity index (χ4v) is 3.34. The molecule has 0 aliphatic carbocycles. The Hall–Kier alpha value is -4.26. The number of rotatable bonds is 5. The number of hydrogen-bond acceptors (Lipinski definition) is 6. The van der Waals surface area contributed by atoms with Gasteiger partial charge in [0.2, 0.25) is 6.79 Å². The Morgan fingerprint density at radius 2 is 1.81 bits per heavy atom. The van der Waals surface area contributed by atoms with E-state index in [0.29, 0.717) is 39.5 Å². The molecule has 2 heterocycles. The quantitative estimate of drug-likeness (QED) is 0.526. The van der Waals surface area contributed by atoms with Crippen molar-refractivity contribution in [1.29, 1.82) is 0 Å². The smallest absolute Gasteiger partial charge is 0.262 e. The molecule has 0 unspecified atom stereocenters. The number of anilines is 1. The monoisotopic (exact) mass is 415 g/mol. The number of carbonyl (C=O) groups is 1. The number of hydrogen-bond donors (Lipinski definition) is 1.